The summed E-state index contributed by atoms with van der Waals surface area (Å²) in [4.78, 5) is 5.27. The molecule has 0 spiro atoms. The van der Waals surface area contributed by atoms with Gasteiger partial charge >= 0.3 is 0 Å². The molecule has 202 valence electrons. The molecule has 6 rings (SSSR count). The molecule has 1 heterocycles. The third-order valence-electron chi connectivity index (χ3n) is 8.54. The zero-order valence-corrected chi connectivity index (χ0v) is 23.4. The molecular weight excluding hydrogens is 488 g/mol. The fraction of sp³-hybridized carbons (Fsp3) is 0.270. The van der Waals surface area contributed by atoms with Gasteiger partial charge in [0.25, 0.3) is 0 Å². The third-order valence-corrected chi connectivity index (χ3v) is 8.54. The van der Waals surface area contributed by atoms with E-state index >= 15 is 0 Å². The van der Waals surface area contributed by atoms with E-state index in [2.05, 4.69) is 133 Å². The van der Waals surface area contributed by atoms with Crippen LogP contribution in [0.3, 0.4) is 0 Å². The number of ether oxygens (including phenoxy) is 1. The molecule has 0 bridgehead atoms. The van der Waals surface area contributed by atoms with E-state index in [1.165, 1.54) is 28.1 Å². The molecule has 1 aromatic heterocycles. The van der Waals surface area contributed by atoms with Crippen molar-refractivity contribution in [2.75, 3.05) is 13.2 Å². The first-order valence-electron chi connectivity index (χ1n) is 14.6. The lowest BCUT2D eigenvalue weighted by molar-refractivity contribution is 0.0707. The normalized spacial score (nSPS) is 16.0. The summed E-state index contributed by atoms with van der Waals surface area (Å²) >= 11 is 0. The summed E-state index contributed by atoms with van der Waals surface area (Å²) in [5, 5.41) is 0. The minimum atomic E-state index is -0.352. The van der Waals surface area contributed by atoms with Gasteiger partial charge in [0.05, 0.1) is 23.4 Å². The van der Waals surface area contributed by atoms with Crippen molar-refractivity contribution in [2.45, 2.75) is 37.5 Å². The number of imidazole rings is 1. The fourth-order valence-electron chi connectivity index (χ4n) is 6.71. The van der Waals surface area contributed by atoms with Crippen molar-refractivity contribution in [1.29, 1.82) is 0 Å². The molecule has 1 aliphatic rings. The highest BCUT2D eigenvalue weighted by Crippen LogP contribution is 2.51. The van der Waals surface area contributed by atoms with Crippen LogP contribution >= 0.6 is 0 Å². The van der Waals surface area contributed by atoms with Gasteiger partial charge in [0.2, 0.25) is 0 Å². The number of nitrogens with zero attached hydrogens (tertiary/aromatic N) is 2. The average molecular weight is 527 g/mol. The molecule has 5 aromatic rings. The highest BCUT2D eigenvalue weighted by Gasteiger charge is 2.50. The molecule has 0 saturated carbocycles. The van der Waals surface area contributed by atoms with Gasteiger partial charge in [-0.15, -0.1) is 0 Å². The number of unbranched alkanes of at least 4 members (excludes halogenated alkanes) is 1. The second kappa shape index (κ2) is 12.1. The van der Waals surface area contributed by atoms with Gasteiger partial charge in [0.1, 0.15) is 5.82 Å². The molecule has 1 atom stereocenters. The van der Waals surface area contributed by atoms with Gasteiger partial charge in [-0.05, 0) is 48.8 Å². The van der Waals surface area contributed by atoms with Crippen LogP contribution in [0, 0.1) is 5.92 Å². The Bertz CT molecular complexity index is 1450. The van der Waals surface area contributed by atoms with Crippen LogP contribution in [0.5, 0.6) is 0 Å². The minimum Gasteiger partial charge on any atom is -0.381 e. The molecule has 0 aliphatic heterocycles. The first-order valence-corrected chi connectivity index (χ1v) is 14.6. The average Bonchev–Trinajstić information content (AvgIpc) is 3.37. The second-order valence-corrected chi connectivity index (χ2v) is 10.9. The summed E-state index contributed by atoms with van der Waals surface area (Å²) < 4.78 is 8.88. The Labute approximate surface area is 238 Å². The van der Waals surface area contributed by atoms with Gasteiger partial charge in [-0.1, -0.05) is 121 Å². The van der Waals surface area contributed by atoms with E-state index in [9.17, 15) is 0 Å². The fourth-order valence-corrected chi connectivity index (χ4v) is 6.71. The molecule has 0 N–H and O–H groups in total. The first kappa shape index (κ1) is 26.3. The molecule has 40 heavy (non-hydrogen) atoms. The maximum atomic E-state index is 6.53. The molecule has 0 saturated heterocycles. The highest BCUT2D eigenvalue weighted by atomic mass is 16.5. The van der Waals surface area contributed by atoms with Crippen molar-refractivity contribution < 1.29 is 4.74 Å². The smallest absolute Gasteiger partial charge is 0.140 e. The maximum Gasteiger partial charge on any atom is 0.140 e. The van der Waals surface area contributed by atoms with Crippen molar-refractivity contribution in [3.63, 3.8) is 0 Å². The summed E-state index contributed by atoms with van der Waals surface area (Å²) in [5.41, 5.74) is 7.32. The number of hydrogen-bond donors (Lipinski definition) is 0. The van der Waals surface area contributed by atoms with E-state index < -0.39 is 0 Å². The summed E-state index contributed by atoms with van der Waals surface area (Å²) in [7, 11) is 2.20. The van der Waals surface area contributed by atoms with Crippen molar-refractivity contribution in [1.82, 2.24) is 9.55 Å². The molecule has 0 fully saturated rings. The Hall–Kier alpha value is -3.95. The quantitative estimate of drug-likeness (QED) is 0.172. The molecule has 1 aliphatic carbocycles. The van der Waals surface area contributed by atoms with Crippen LogP contribution in [0.25, 0.3) is 11.4 Å². The molecule has 3 heteroatoms. The third kappa shape index (κ3) is 5.02. The highest BCUT2D eigenvalue weighted by molar-refractivity contribution is 5.61. The minimum absolute atomic E-state index is 0.290. The van der Waals surface area contributed by atoms with Gasteiger partial charge in [0.15, 0.2) is 0 Å². The SMILES string of the molecule is Cn1c(-c2ccccc2)nc2c1C(c1ccccc1)(c1ccccc1)C(COCCCCc1ccccc1)CC2. The maximum absolute atomic E-state index is 6.53. The Kier molecular flexibility index (Phi) is 7.92. The van der Waals surface area contributed by atoms with E-state index in [-0.39, 0.29) is 11.3 Å². The molecule has 0 amide bonds. The molecule has 4 aromatic carbocycles. The Morgan fingerprint density at radius 2 is 1.32 bits per heavy atom. The van der Waals surface area contributed by atoms with Crippen LogP contribution in [0.1, 0.15) is 47.3 Å². The van der Waals surface area contributed by atoms with Crippen molar-refractivity contribution in [3.8, 4) is 11.4 Å². The standard InChI is InChI=1S/C37H38N2O/c1-39-35-34(38-36(39)30-19-8-3-9-20-30)26-25-33(28-40-27-15-14-18-29-16-6-2-7-17-29)37(35,31-21-10-4-11-22-31)32-23-12-5-13-24-32/h2-13,16-17,19-24,33H,14-15,18,25-28H2,1H3. The molecule has 0 radical (unpaired) electrons. The topological polar surface area (TPSA) is 27.1 Å². The van der Waals surface area contributed by atoms with Gasteiger partial charge < -0.3 is 9.30 Å². The molecule has 1 unspecified atom stereocenters. The summed E-state index contributed by atoms with van der Waals surface area (Å²) in [5.74, 6) is 1.32. The number of aryl methyl sites for hydroxylation is 2. The summed E-state index contributed by atoms with van der Waals surface area (Å²) in [6, 6.07) is 43.4. The predicted octanol–water partition coefficient (Wildman–Crippen LogP) is 8.02. The monoisotopic (exact) mass is 526 g/mol. The van der Waals surface area contributed by atoms with Gasteiger partial charge in [-0.3, -0.25) is 0 Å². The predicted molar refractivity (Wildman–Crippen MR) is 163 cm³/mol. The number of benzene rings is 4. The Morgan fingerprint density at radius 3 is 1.95 bits per heavy atom. The lowest BCUT2D eigenvalue weighted by Gasteiger charge is -2.45. The summed E-state index contributed by atoms with van der Waals surface area (Å²) in [6.45, 7) is 1.51. The van der Waals surface area contributed by atoms with Gasteiger partial charge in [-0.25, -0.2) is 4.98 Å². The van der Waals surface area contributed by atoms with E-state index in [0.29, 0.717) is 0 Å². The van der Waals surface area contributed by atoms with Crippen LogP contribution in [-0.4, -0.2) is 22.8 Å². The lowest BCUT2D eigenvalue weighted by atomic mass is 9.59. The zero-order chi connectivity index (χ0) is 27.2. The largest absolute Gasteiger partial charge is 0.381 e. The first-order chi connectivity index (χ1) is 19.8. The number of fused-ring (bicyclic) bond motifs is 1. The molecule has 3 nitrogen and oxygen atoms in total. The Morgan fingerprint density at radius 1 is 0.750 bits per heavy atom. The van der Waals surface area contributed by atoms with Crippen molar-refractivity contribution in [3.05, 3.63) is 149 Å². The van der Waals surface area contributed by atoms with E-state index in [0.717, 1.165) is 56.7 Å². The number of aromatic nitrogens is 2. The van der Waals surface area contributed by atoms with Gasteiger partial charge in [-0.2, -0.15) is 0 Å². The lowest BCUT2D eigenvalue weighted by Crippen LogP contribution is -2.45. The van der Waals surface area contributed by atoms with E-state index in [1.54, 1.807) is 0 Å². The van der Waals surface area contributed by atoms with Crippen LogP contribution in [-0.2, 0) is 30.0 Å². The van der Waals surface area contributed by atoms with Crippen LogP contribution in [0.15, 0.2) is 121 Å². The summed E-state index contributed by atoms with van der Waals surface area (Å²) in [6.07, 6.45) is 5.31. The van der Waals surface area contributed by atoms with Crippen molar-refractivity contribution in [2.24, 2.45) is 13.0 Å². The van der Waals surface area contributed by atoms with Gasteiger partial charge in [0, 0.05) is 25.1 Å². The number of hydrogen-bond acceptors (Lipinski definition) is 2. The van der Waals surface area contributed by atoms with E-state index in [1.807, 2.05) is 0 Å². The van der Waals surface area contributed by atoms with E-state index in [4.69, 9.17) is 9.72 Å². The Balaban J connectivity index is 1.35. The van der Waals surface area contributed by atoms with Crippen LogP contribution in [0.4, 0.5) is 0 Å². The number of rotatable bonds is 10. The second-order valence-electron chi connectivity index (χ2n) is 10.9. The van der Waals surface area contributed by atoms with Crippen molar-refractivity contribution >= 4 is 0 Å². The van der Waals surface area contributed by atoms with Crippen LogP contribution in [0.2, 0.25) is 0 Å². The molecular formula is C37H38N2O. The zero-order valence-electron chi connectivity index (χ0n) is 23.4. The van der Waals surface area contributed by atoms with Crippen LogP contribution < -0.4 is 0 Å².